The number of carbonyl (C=O) groups is 1. The van der Waals surface area contributed by atoms with E-state index in [0.29, 0.717) is 42.8 Å². The number of pyridine rings is 2. The smallest absolute Gasteiger partial charge is 0.253 e. The van der Waals surface area contributed by atoms with Crippen molar-refractivity contribution in [1.29, 1.82) is 0 Å². The van der Waals surface area contributed by atoms with Crippen molar-refractivity contribution in [2.45, 2.75) is 6.54 Å². The van der Waals surface area contributed by atoms with Crippen molar-refractivity contribution in [1.82, 2.24) is 15.3 Å². The summed E-state index contributed by atoms with van der Waals surface area (Å²) in [6.45, 7) is 1.29. The van der Waals surface area contributed by atoms with E-state index >= 15 is 0 Å². The Morgan fingerprint density at radius 1 is 0.966 bits per heavy atom. The molecule has 1 aromatic carbocycles. The number of rotatable bonds is 9. The summed E-state index contributed by atoms with van der Waals surface area (Å²) in [5.74, 6) is 1.37. The van der Waals surface area contributed by atoms with E-state index in [-0.39, 0.29) is 5.91 Å². The van der Waals surface area contributed by atoms with Gasteiger partial charge in [-0.3, -0.25) is 4.79 Å². The highest BCUT2D eigenvalue weighted by molar-refractivity contribution is 9.10. The largest absolute Gasteiger partial charge is 0.475 e. The summed E-state index contributed by atoms with van der Waals surface area (Å²) >= 11 is 3.37. The van der Waals surface area contributed by atoms with Gasteiger partial charge in [-0.2, -0.15) is 0 Å². The van der Waals surface area contributed by atoms with Gasteiger partial charge in [0.2, 0.25) is 11.8 Å². The Balaban J connectivity index is 1.49. The van der Waals surface area contributed by atoms with Crippen molar-refractivity contribution < 1.29 is 19.0 Å². The van der Waals surface area contributed by atoms with Gasteiger partial charge in [-0.05, 0) is 35.9 Å². The van der Waals surface area contributed by atoms with Crippen LogP contribution in [-0.4, -0.2) is 36.2 Å². The first kappa shape index (κ1) is 20.8. The zero-order valence-corrected chi connectivity index (χ0v) is 17.4. The predicted molar refractivity (Wildman–Crippen MR) is 111 cm³/mol. The van der Waals surface area contributed by atoms with Crippen LogP contribution in [0.4, 0.5) is 0 Å². The van der Waals surface area contributed by atoms with Crippen LogP contribution >= 0.6 is 15.9 Å². The summed E-state index contributed by atoms with van der Waals surface area (Å²) in [5, 5.41) is 2.84. The molecular formula is C21H20BrN3O4. The lowest BCUT2D eigenvalue weighted by Gasteiger charge is -2.08. The number of aromatic nitrogens is 2. The van der Waals surface area contributed by atoms with Crippen LogP contribution < -0.4 is 14.8 Å². The van der Waals surface area contributed by atoms with Crippen molar-refractivity contribution >= 4 is 21.8 Å². The number of benzene rings is 1. The van der Waals surface area contributed by atoms with E-state index in [1.165, 1.54) is 6.20 Å². The lowest BCUT2D eigenvalue weighted by molar-refractivity contribution is 0.0950. The van der Waals surface area contributed by atoms with Crippen LogP contribution in [0.15, 0.2) is 65.4 Å². The molecule has 0 fully saturated rings. The van der Waals surface area contributed by atoms with Crippen molar-refractivity contribution in [2.75, 3.05) is 20.3 Å². The van der Waals surface area contributed by atoms with Gasteiger partial charge in [0.15, 0.2) is 0 Å². The molecule has 2 aromatic heterocycles. The molecule has 0 saturated heterocycles. The molecule has 0 aliphatic carbocycles. The monoisotopic (exact) mass is 457 g/mol. The van der Waals surface area contributed by atoms with Crippen LogP contribution in [0.3, 0.4) is 0 Å². The summed E-state index contributed by atoms with van der Waals surface area (Å²) in [6, 6.07) is 14.3. The number of hydrogen-bond acceptors (Lipinski definition) is 6. The van der Waals surface area contributed by atoms with E-state index in [1.54, 1.807) is 31.5 Å². The number of carbonyl (C=O) groups excluding carboxylic acids is 1. The van der Waals surface area contributed by atoms with Crippen LogP contribution in [0.5, 0.6) is 17.5 Å². The van der Waals surface area contributed by atoms with Gasteiger partial charge >= 0.3 is 0 Å². The molecule has 3 aromatic rings. The minimum atomic E-state index is -0.229. The molecule has 7 nitrogen and oxygen atoms in total. The second kappa shape index (κ2) is 10.5. The minimum Gasteiger partial charge on any atom is -0.475 e. The zero-order valence-electron chi connectivity index (χ0n) is 15.8. The fourth-order valence-corrected chi connectivity index (χ4v) is 2.58. The Labute approximate surface area is 177 Å². The Morgan fingerprint density at radius 3 is 2.38 bits per heavy atom. The summed E-state index contributed by atoms with van der Waals surface area (Å²) in [5.41, 5.74) is 1.31. The quantitative estimate of drug-likeness (QED) is 0.489. The molecule has 0 saturated carbocycles. The van der Waals surface area contributed by atoms with Gasteiger partial charge in [-0.15, -0.1) is 0 Å². The molecule has 0 aliphatic rings. The highest BCUT2D eigenvalue weighted by Crippen LogP contribution is 2.21. The van der Waals surface area contributed by atoms with E-state index in [2.05, 4.69) is 31.2 Å². The molecule has 150 valence electrons. The summed E-state index contributed by atoms with van der Waals surface area (Å²) in [7, 11) is 1.61. The van der Waals surface area contributed by atoms with Crippen LogP contribution in [0.25, 0.3) is 0 Å². The maximum absolute atomic E-state index is 12.3. The van der Waals surface area contributed by atoms with Gasteiger partial charge in [0.05, 0.1) is 12.2 Å². The van der Waals surface area contributed by atoms with E-state index in [9.17, 15) is 4.79 Å². The molecule has 8 heteroatoms. The second-order valence-corrected chi connectivity index (χ2v) is 6.89. The first-order chi connectivity index (χ1) is 14.1. The van der Waals surface area contributed by atoms with Gasteiger partial charge in [-0.1, -0.05) is 22.0 Å². The molecule has 0 bridgehead atoms. The van der Waals surface area contributed by atoms with E-state index in [1.807, 2.05) is 30.3 Å². The summed E-state index contributed by atoms with van der Waals surface area (Å²) < 4.78 is 16.9. The van der Waals surface area contributed by atoms with E-state index < -0.39 is 0 Å². The van der Waals surface area contributed by atoms with E-state index in [0.717, 1.165) is 10.0 Å². The molecule has 2 heterocycles. The van der Waals surface area contributed by atoms with Crippen LogP contribution in [0, 0.1) is 0 Å². The minimum absolute atomic E-state index is 0.229. The van der Waals surface area contributed by atoms with Gasteiger partial charge in [0, 0.05) is 42.7 Å². The standard InChI is InChI=1S/C21H20BrN3O4/c1-27-10-11-28-19-8-2-15(12-23-19)13-25-21(26)16-3-9-20(24-14-16)29-18-6-4-17(22)5-7-18/h2-9,12,14H,10-11,13H2,1H3,(H,25,26). The predicted octanol–water partition coefficient (Wildman–Crippen LogP) is 3.99. The number of ether oxygens (including phenoxy) is 3. The lowest BCUT2D eigenvalue weighted by Crippen LogP contribution is -2.23. The number of nitrogens with one attached hydrogen (secondary N) is 1. The Hall–Kier alpha value is -2.97. The number of halogens is 1. The van der Waals surface area contributed by atoms with Gasteiger partial charge in [-0.25, -0.2) is 9.97 Å². The fourth-order valence-electron chi connectivity index (χ4n) is 2.31. The highest BCUT2D eigenvalue weighted by atomic mass is 79.9. The van der Waals surface area contributed by atoms with Gasteiger partial charge in [0.25, 0.3) is 5.91 Å². The van der Waals surface area contributed by atoms with Crippen molar-refractivity contribution in [2.24, 2.45) is 0 Å². The SMILES string of the molecule is COCCOc1ccc(CNC(=O)c2ccc(Oc3ccc(Br)cc3)nc2)cn1. The van der Waals surface area contributed by atoms with Crippen molar-refractivity contribution in [3.8, 4) is 17.5 Å². The van der Waals surface area contributed by atoms with Gasteiger partial charge < -0.3 is 19.5 Å². The maximum atomic E-state index is 12.3. The summed E-state index contributed by atoms with van der Waals surface area (Å²) in [4.78, 5) is 20.7. The molecule has 0 aliphatic heterocycles. The molecule has 29 heavy (non-hydrogen) atoms. The average Bonchev–Trinajstić information content (AvgIpc) is 2.75. The Morgan fingerprint density at radius 2 is 1.72 bits per heavy atom. The number of amides is 1. The third-order valence-corrected chi connectivity index (χ3v) is 4.35. The molecule has 1 amide bonds. The number of hydrogen-bond donors (Lipinski definition) is 1. The number of nitrogens with zero attached hydrogens (tertiary/aromatic N) is 2. The normalized spacial score (nSPS) is 10.4. The second-order valence-electron chi connectivity index (χ2n) is 5.97. The maximum Gasteiger partial charge on any atom is 0.253 e. The lowest BCUT2D eigenvalue weighted by atomic mass is 10.2. The highest BCUT2D eigenvalue weighted by Gasteiger charge is 2.07. The molecule has 0 unspecified atom stereocenters. The van der Waals surface area contributed by atoms with Crippen molar-refractivity contribution in [3.63, 3.8) is 0 Å². The third-order valence-electron chi connectivity index (χ3n) is 3.82. The van der Waals surface area contributed by atoms with Crippen LogP contribution in [0.1, 0.15) is 15.9 Å². The molecule has 3 rings (SSSR count). The van der Waals surface area contributed by atoms with Crippen molar-refractivity contribution in [3.05, 3.63) is 76.5 Å². The van der Waals surface area contributed by atoms with Gasteiger partial charge in [0.1, 0.15) is 12.4 Å². The first-order valence-electron chi connectivity index (χ1n) is 8.88. The van der Waals surface area contributed by atoms with E-state index in [4.69, 9.17) is 14.2 Å². The zero-order chi connectivity index (χ0) is 20.5. The molecular weight excluding hydrogens is 438 g/mol. The molecule has 0 radical (unpaired) electrons. The van der Waals surface area contributed by atoms with Crippen LogP contribution in [0.2, 0.25) is 0 Å². The van der Waals surface area contributed by atoms with Crippen LogP contribution in [-0.2, 0) is 11.3 Å². The number of methoxy groups -OCH3 is 1. The summed E-state index contributed by atoms with van der Waals surface area (Å²) in [6.07, 6.45) is 3.14. The first-order valence-corrected chi connectivity index (χ1v) is 9.67. The average molecular weight is 458 g/mol. The fraction of sp³-hybridized carbons (Fsp3) is 0.190. The molecule has 0 spiro atoms. The molecule has 1 N–H and O–H groups in total. The third kappa shape index (κ3) is 6.55. The molecule has 0 atom stereocenters. The Bertz CT molecular complexity index is 916. The Kier molecular flexibility index (Phi) is 7.54. The topological polar surface area (TPSA) is 82.6 Å².